The summed E-state index contributed by atoms with van der Waals surface area (Å²) < 4.78 is 27.5. The highest BCUT2D eigenvalue weighted by Gasteiger charge is 2.18. The lowest BCUT2D eigenvalue weighted by Gasteiger charge is -2.13. The van der Waals surface area contributed by atoms with Crippen molar-refractivity contribution in [3.8, 4) is 6.07 Å². The lowest BCUT2D eigenvalue weighted by Crippen LogP contribution is -2.15. The maximum atomic E-state index is 12.5. The van der Waals surface area contributed by atoms with Crippen molar-refractivity contribution in [2.75, 3.05) is 10.5 Å². The molecule has 0 heterocycles. The highest BCUT2D eigenvalue weighted by Crippen LogP contribution is 2.25. The molecule has 0 spiro atoms. The summed E-state index contributed by atoms with van der Waals surface area (Å²) in [6.45, 7) is 3.42. The molecule has 0 aliphatic rings. The van der Waals surface area contributed by atoms with Gasteiger partial charge in [-0.15, -0.1) is 0 Å². The van der Waals surface area contributed by atoms with Crippen LogP contribution < -0.4 is 10.5 Å². The number of sulfonamides is 1. The smallest absolute Gasteiger partial charge is 0.262 e. The number of aryl methyl sites for hydroxylation is 1. The van der Waals surface area contributed by atoms with E-state index in [-0.39, 0.29) is 4.90 Å². The molecule has 0 radical (unpaired) electrons. The number of hydrogen-bond donors (Lipinski definition) is 2. The fourth-order valence-corrected chi connectivity index (χ4v) is 3.32. The van der Waals surface area contributed by atoms with Crippen molar-refractivity contribution in [3.05, 3.63) is 53.1 Å². The Balaban J connectivity index is 2.49. The summed E-state index contributed by atoms with van der Waals surface area (Å²) in [7, 11) is -3.77. The first-order valence-corrected chi connectivity index (χ1v) is 7.72. The predicted octanol–water partition coefficient (Wildman–Crippen LogP) is 2.56. The standard InChI is InChI=1S/C15H15N3O2S/c1-10-6-7-12(9-16)8-15(10)21(19,20)18-14-5-3-4-13(17)11(14)2/h3-8,18H,17H2,1-2H3. The zero-order valence-electron chi connectivity index (χ0n) is 11.7. The fraction of sp³-hybridized carbons (Fsp3) is 0.133. The molecule has 0 fully saturated rings. The molecule has 3 N–H and O–H groups in total. The van der Waals surface area contributed by atoms with Crippen molar-refractivity contribution >= 4 is 21.4 Å². The van der Waals surface area contributed by atoms with Gasteiger partial charge in [-0.3, -0.25) is 4.72 Å². The van der Waals surface area contributed by atoms with Gasteiger partial charge in [0.05, 0.1) is 22.2 Å². The number of nitrogens with zero attached hydrogens (tertiary/aromatic N) is 1. The first-order chi connectivity index (χ1) is 9.85. The molecule has 2 aromatic carbocycles. The summed E-state index contributed by atoms with van der Waals surface area (Å²) in [5, 5.41) is 8.91. The molecule has 0 aliphatic carbocycles. The van der Waals surface area contributed by atoms with E-state index in [0.717, 1.165) is 0 Å². The maximum Gasteiger partial charge on any atom is 0.262 e. The Labute approximate surface area is 124 Å². The number of nitrogen functional groups attached to an aromatic ring is 1. The largest absolute Gasteiger partial charge is 0.398 e. The van der Waals surface area contributed by atoms with E-state index in [1.54, 1.807) is 44.2 Å². The van der Waals surface area contributed by atoms with Crippen LogP contribution in [0.5, 0.6) is 0 Å². The lowest BCUT2D eigenvalue weighted by atomic mass is 10.2. The number of nitriles is 1. The van der Waals surface area contributed by atoms with Crippen LogP contribution in [-0.2, 0) is 10.0 Å². The van der Waals surface area contributed by atoms with Crippen LogP contribution in [0.2, 0.25) is 0 Å². The molecular formula is C15H15N3O2S. The quantitative estimate of drug-likeness (QED) is 0.851. The molecule has 5 nitrogen and oxygen atoms in total. The van der Waals surface area contributed by atoms with Crippen molar-refractivity contribution in [2.24, 2.45) is 0 Å². The summed E-state index contributed by atoms with van der Waals surface area (Å²) in [5.41, 5.74) is 8.25. The van der Waals surface area contributed by atoms with E-state index < -0.39 is 10.0 Å². The minimum absolute atomic E-state index is 0.0865. The summed E-state index contributed by atoms with van der Waals surface area (Å²) in [6.07, 6.45) is 0. The van der Waals surface area contributed by atoms with E-state index in [1.165, 1.54) is 6.07 Å². The Morgan fingerprint density at radius 1 is 1.19 bits per heavy atom. The Hall–Kier alpha value is -2.52. The van der Waals surface area contributed by atoms with Gasteiger partial charge >= 0.3 is 0 Å². The summed E-state index contributed by atoms with van der Waals surface area (Å²) >= 11 is 0. The Bertz CT molecular complexity index is 836. The number of anilines is 2. The minimum Gasteiger partial charge on any atom is -0.398 e. The highest BCUT2D eigenvalue weighted by atomic mass is 32.2. The molecule has 2 rings (SSSR count). The second kappa shape index (κ2) is 5.46. The zero-order chi connectivity index (χ0) is 15.6. The van der Waals surface area contributed by atoms with Crippen LogP contribution >= 0.6 is 0 Å². The van der Waals surface area contributed by atoms with E-state index in [9.17, 15) is 8.42 Å². The third-order valence-corrected chi connectivity index (χ3v) is 4.73. The minimum atomic E-state index is -3.77. The SMILES string of the molecule is Cc1ccc(C#N)cc1S(=O)(=O)Nc1cccc(N)c1C. The second-order valence-corrected chi connectivity index (χ2v) is 6.37. The van der Waals surface area contributed by atoms with Crippen molar-refractivity contribution in [1.82, 2.24) is 0 Å². The van der Waals surface area contributed by atoms with Gasteiger partial charge in [-0.05, 0) is 49.2 Å². The molecule has 0 amide bonds. The van der Waals surface area contributed by atoms with E-state index in [4.69, 9.17) is 11.0 Å². The normalized spacial score (nSPS) is 10.9. The number of nitrogens with two attached hydrogens (primary N) is 1. The molecule has 21 heavy (non-hydrogen) atoms. The first kappa shape index (κ1) is 14.9. The summed E-state index contributed by atoms with van der Waals surface area (Å²) in [4.78, 5) is 0.0865. The van der Waals surface area contributed by atoms with Crippen LogP contribution in [0.15, 0.2) is 41.3 Å². The molecule has 108 valence electrons. The number of nitrogens with one attached hydrogen (secondary N) is 1. The van der Waals surface area contributed by atoms with E-state index in [0.29, 0.717) is 28.1 Å². The second-order valence-electron chi connectivity index (χ2n) is 4.72. The highest BCUT2D eigenvalue weighted by molar-refractivity contribution is 7.92. The topological polar surface area (TPSA) is 96.0 Å². The summed E-state index contributed by atoms with van der Waals surface area (Å²) in [6, 6.07) is 11.5. The van der Waals surface area contributed by atoms with Crippen molar-refractivity contribution in [3.63, 3.8) is 0 Å². The van der Waals surface area contributed by atoms with Crippen LogP contribution in [0, 0.1) is 25.2 Å². The van der Waals surface area contributed by atoms with Gasteiger partial charge in [-0.1, -0.05) is 12.1 Å². The molecule has 0 unspecified atom stereocenters. The van der Waals surface area contributed by atoms with Gasteiger partial charge in [-0.2, -0.15) is 5.26 Å². The lowest BCUT2D eigenvalue weighted by molar-refractivity contribution is 0.600. The molecule has 2 aromatic rings. The van der Waals surface area contributed by atoms with E-state index in [1.807, 2.05) is 6.07 Å². The van der Waals surface area contributed by atoms with Crippen LogP contribution in [0.3, 0.4) is 0 Å². The van der Waals surface area contributed by atoms with Crippen molar-refractivity contribution in [2.45, 2.75) is 18.7 Å². The van der Waals surface area contributed by atoms with Crippen molar-refractivity contribution in [1.29, 1.82) is 5.26 Å². The van der Waals surface area contributed by atoms with Crippen molar-refractivity contribution < 1.29 is 8.42 Å². The summed E-state index contributed by atoms with van der Waals surface area (Å²) in [5.74, 6) is 0. The van der Waals surface area contributed by atoms with Gasteiger partial charge in [0.1, 0.15) is 0 Å². The third-order valence-electron chi connectivity index (χ3n) is 3.23. The van der Waals surface area contributed by atoms with Gasteiger partial charge in [0.15, 0.2) is 0 Å². The Kier molecular flexibility index (Phi) is 3.87. The molecule has 0 atom stereocenters. The van der Waals surface area contributed by atoms with Crippen LogP contribution in [-0.4, -0.2) is 8.42 Å². The van der Waals surface area contributed by atoms with Crippen LogP contribution in [0.25, 0.3) is 0 Å². The van der Waals surface area contributed by atoms with Crippen LogP contribution in [0.1, 0.15) is 16.7 Å². The first-order valence-electron chi connectivity index (χ1n) is 6.24. The average molecular weight is 301 g/mol. The molecule has 0 aromatic heterocycles. The van der Waals surface area contributed by atoms with Gasteiger partial charge in [0.25, 0.3) is 10.0 Å². The maximum absolute atomic E-state index is 12.5. The molecule has 0 aliphatic heterocycles. The molecule has 0 bridgehead atoms. The van der Waals surface area contributed by atoms with Gasteiger partial charge < -0.3 is 5.73 Å². The Morgan fingerprint density at radius 2 is 1.90 bits per heavy atom. The van der Waals surface area contributed by atoms with Gasteiger partial charge in [-0.25, -0.2) is 8.42 Å². The monoisotopic (exact) mass is 301 g/mol. The fourth-order valence-electron chi connectivity index (χ4n) is 1.92. The zero-order valence-corrected chi connectivity index (χ0v) is 12.5. The average Bonchev–Trinajstić information content (AvgIpc) is 2.44. The van der Waals surface area contributed by atoms with E-state index in [2.05, 4.69) is 4.72 Å². The number of hydrogen-bond acceptors (Lipinski definition) is 4. The van der Waals surface area contributed by atoms with Crippen LogP contribution in [0.4, 0.5) is 11.4 Å². The van der Waals surface area contributed by atoms with Gasteiger partial charge in [0.2, 0.25) is 0 Å². The molecule has 6 heteroatoms. The Morgan fingerprint density at radius 3 is 2.57 bits per heavy atom. The molecule has 0 saturated heterocycles. The predicted molar refractivity (Wildman–Crippen MR) is 82.3 cm³/mol. The molecule has 0 saturated carbocycles. The number of benzene rings is 2. The molecular weight excluding hydrogens is 286 g/mol. The third kappa shape index (κ3) is 2.98. The van der Waals surface area contributed by atoms with Gasteiger partial charge in [0, 0.05) is 5.69 Å². The number of rotatable bonds is 3. The van der Waals surface area contributed by atoms with E-state index >= 15 is 0 Å².